The quantitative estimate of drug-likeness (QED) is 0.621. The van der Waals surface area contributed by atoms with Gasteiger partial charge in [0, 0.05) is 5.92 Å². The van der Waals surface area contributed by atoms with Gasteiger partial charge in [-0.2, -0.15) is 0 Å². The molecule has 0 amide bonds. The van der Waals surface area contributed by atoms with Crippen LogP contribution in [0, 0.1) is 5.92 Å². The van der Waals surface area contributed by atoms with Gasteiger partial charge in [-0.3, -0.25) is 0 Å². The van der Waals surface area contributed by atoms with Crippen LogP contribution in [0.3, 0.4) is 0 Å². The molecule has 0 aromatic heterocycles. The maximum atomic E-state index is 9.54. The summed E-state index contributed by atoms with van der Waals surface area (Å²) in [6.07, 6.45) is 6.36. The SMILES string of the molecule is C=C/C=C\C1=C(C)CC(O)C1C. The molecule has 66 valence electrons. The summed E-state index contributed by atoms with van der Waals surface area (Å²) in [6, 6.07) is 0. The lowest BCUT2D eigenvalue weighted by atomic mass is 10.0. The molecule has 1 heteroatoms. The largest absolute Gasteiger partial charge is 0.392 e. The molecule has 0 radical (unpaired) electrons. The third kappa shape index (κ3) is 1.67. The second-order valence-electron chi connectivity index (χ2n) is 3.39. The second kappa shape index (κ2) is 3.72. The van der Waals surface area contributed by atoms with E-state index in [-0.39, 0.29) is 12.0 Å². The first-order valence-electron chi connectivity index (χ1n) is 4.33. The molecule has 1 rings (SSSR count). The predicted molar refractivity (Wildman–Crippen MR) is 51.8 cm³/mol. The summed E-state index contributed by atoms with van der Waals surface area (Å²) in [5.41, 5.74) is 2.57. The third-order valence-corrected chi connectivity index (χ3v) is 2.49. The van der Waals surface area contributed by atoms with E-state index in [1.54, 1.807) is 6.08 Å². The van der Waals surface area contributed by atoms with Crippen molar-refractivity contribution in [2.75, 3.05) is 0 Å². The molecule has 0 aliphatic heterocycles. The molecule has 1 aliphatic rings. The van der Waals surface area contributed by atoms with Crippen molar-refractivity contribution in [2.45, 2.75) is 26.4 Å². The summed E-state index contributed by atoms with van der Waals surface area (Å²) in [5, 5.41) is 9.54. The van der Waals surface area contributed by atoms with Crippen molar-refractivity contribution < 1.29 is 5.11 Å². The normalized spacial score (nSPS) is 30.2. The molecule has 2 atom stereocenters. The molecule has 12 heavy (non-hydrogen) atoms. The number of hydrogen-bond acceptors (Lipinski definition) is 1. The number of hydrogen-bond donors (Lipinski definition) is 1. The van der Waals surface area contributed by atoms with E-state index < -0.39 is 0 Å². The van der Waals surface area contributed by atoms with Crippen LogP contribution in [-0.4, -0.2) is 11.2 Å². The third-order valence-electron chi connectivity index (χ3n) is 2.49. The van der Waals surface area contributed by atoms with Crippen LogP contribution < -0.4 is 0 Å². The van der Waals surface area contributed by atoms with Crippen molar-refractivity contribution in [3.8, 4) is 0 Å². The van der Waals surface area contributed by atoms with Crippen molar-refractivity contribution in [2.24, 2.45) is 5.92 Å². The van der Waals surface area contributed by atoms with Crippen molar-refractivity contribution in [3.05, 3.63) is 36.0 Å². The highest BCUT2D eigenvalue weighted by Crippen LogP contribution is 2.32. The molecule has 1 N–H and O–H groups in total. The summed E-state index contributed by atoms with van der Waals surface area (Å²) in [5.74, 6) is 0.279. The van der Waals surface area contributed by atoms with E-state index in [1.807, 2.05) is 12.2 Å². The topological polar surface area (TPSA) is 20.2 Å². The fourth-order valence-electron chi connectivity index (χ4n) is 1.67. The van der Waals surface area contributed by atoms with E-state index in [4.69, 9.17) is 0 Å². The maximum absolute atomic E-state index is 9.54. The first kappa shape index (κ1) is 9.27. The maximum Gasteiger partial charge on any atom is 0.0643 e. The molecule has 0 saturated heterocycles. The second-order valence-corrected chi connectivity index (χ2v) is 3.39. The Hall–Kier alpha value is -0.820. The number of aliphatic hydroxyl groups is 1. The van der Waals surface area contributed by atoms with Crippen molar-refractivity contribution in [1.82, 2.24) is 0 Å². The molecule has 0 saturated carbocycles. The average molecular weight is 164 g/mol. The highest BCUT2D eigenvalue weighted by molar-refractivity contribution is 5.34. The Bertz CT molecular complexity index is 235. The minimum atomic E-state index is -0.186. The van der Waals surface area contributed by atoms with Gasteiger partial charge in [0.25, 0.3) is 0 Å². The van der Waals surface area contributed by atoms with Crippen LogP contribution in [0.5, 0.6) is 0 Å². The molecule has 0 heterocycles. The van der Waals surface area contributed by atoms with E-state index in [0.717, 1.165) is 6.42 Å². The fraction of sp³-hybridized carbons (Fsp3) is 0.455. The minimum absolute atomic E-state index is 0.186. The number of allylic oxidation sites excluding steroid dienone is 3. The molecule has 1 aliphatic carbocycles. The van der Waals surface area contributed by atoms with Gasteiger partial charge in [-0.25, -0.2) is 0 Å². The highest BCUT2D eigenvalue weighted by Gasteiger charge is 2.25. The average Bonchev–Trinajstić information content (AvgIpc) is 2.25. The summed E-state index contributed by atoms with van der Waals surface area (Å²) in [7, 11) is 0. The Labute approximate surface area is 74.1 Å². The van der Waals surface area contributed by atoms with Crippen LogP contribution in [0.2, 0.25) is 0 Å². The molecule has 0 aromatic carbocycles. The summed E-state index contributed by atoms with van der Waals surface area (Å²) >= 11 is 0. The molecular formula is C11H16O. The fourth-order valence-corrected chi connectivity index (χ4v) is 1.67. The predicted octanol–water partition coefficient (Wildman–Crippen LogP) is 2.45. The zero-order valence-corrected chi connectivity index (χ0v) is 7.75. The van der Waals surface area contributed by atoms with Gasteiger partial charge in [-0.15, -0.1) is 0 Å². The number of rotatable bonds is 2. The van der Waals surface area contributed by atoms with Gasteiger partial charge in [0.05, 0.1) is 6.10 Å². The zero-order chi connectivity index (χ0) is 9.14. The molecule has 1 nitrogen and oxygen atoms in total. The van der Waals surface area contributed by atoms with Crippen LogP contribution in [0.1, 0.15) is 20.3 Å². The van der Waals surface area contributed by atoms with E-state index >= 15 is 0 Å². The van der Waals surface area contributed by atoms with Gasteiger partial charge in [0.1, 0.15) is 0 Å². The molecule has 2 unspecified atom stereocenters. The number of aliphatic hydroxyl groups excluding tert-OH is 1. The molecule has 0 bridgehead atoms. The molecule has 0 aromatic rings. The van der Waals surface area contributed by atoms with E-state index in [9.17, 15) is 5.11 Å². The van der Waals surface area contributed by atoms with Crippen molar-refractivity contribution >= 4 is 0 Å². The molecular weight excluding hydrogens is 148 g/mol. The lowest BCUT2D eigenvalue weighted by Gasteiger charge is -2.09. The zero-order valence-electron chi connectivity index (χ0n) is 7.75. The standard InChI is InChI=1S/C11H16O/c1-4-5-6-10-8(2)7-11(12)9(10)3/h4-6,9,11-12H,1,7H2,2-3H3/b6-5-. The summed E-state index contributed by atoms with van der Waals surface area (Å²) in [6.45, 7) is 7.76. The van der Waals surface area contributed by atoms with Gasteiger partial charge in [0.2, 0.25) is 0 Å². The Morgan fingerprint density at radius 2 is 2.25 bits per heavy atom. The van der Waals surface area contributed by atoms with Crippen LogP contribution in [-0.2, 0) is 0 Å². The van der Waals surface area contributed by atoms with Gasteiger partial charge >= 0.3 is 0 Å². The Kier molecular flexibility index (Phi) is 2.88. The first-order valence-corrected chi connectivity index (χ1v) is 4.33. The van der Waals surface area contributed by atoms with Gasteiger partial charge < -0.3 is 5.11 Å². The van der Waals surface area contributed by atoms with Crippen LogP contribution in [0.25, 0.3) is 0 Å². The van der Waals surface area contributed by atoms with E-state index in [1.165, 1.54) is 11.1 Å². The lowest BCUT2D eigenvalue weighted by molar-refractivity contribution is 0.147. The van der Waals surface area contributed by atoms with E-state index in [2.05, 4.69) is 20.4 Å². The van der Waals surface area contributed by atoms with Gasteiger partial charge in [0.15, 0.2) is 0 Å². The minimum Gasteiger partial charge on any atom is -0.392 e. The van der Waals surface area contributed by atoms with Gasteiger partial charge in [-0.05, 0) is 18.9 Å². The Morgan fingerprint density at radius 1 is 1.58 bits per heavy atom. The van der Waals surface area contributed by atoms with Crippen molar-refractivity contribution in [3.63, 3.8) is 0 Å². The smallest absolute Gasteiger partial charge is 0.0643 e. The van der Waals surface area contributed by atoms with Crippen molar-refractivity contribution in [1.29, 1.82) is 0 Å². The Balaban J connectivity index is 2.80. The monoisotopic (exact) mass is 164 g/mol. The summed E-state index contributed by atoms with van der Waals surface area (Å²) < 4.78 is 0. The van der Waals surface area contributed by atoms with E-state index in [0.29, 0.717) is 0 Å². The van der Waals surface area contributed by atoms with Crippen LogP contribution in [0.15, 0.2) is 36.0 Å². The summed E-state index contributed by atoms with van der Waals surface area (Å²) in [4.78, 5) is 0. The first-order chi connectivity index (χ1) is 5.66. The Morgan fingerprint density at radius 3 is 2.67 bits per heavy atom. The van der Waals surface area contributed by atoms with Crippen LogP contribution >= 0.6 is 0 Å². The molecule has 0 spiro atoms. The molecule has 0 fully saturated rings. The van der Waals surface area contributed by atoms with Gasteiger partial charge in [-0.1, -0.05) is 37.3 Å². The lowest BCUT2D eigenvalue weighted by Crippen LogP contribution is -2.11. The highest BCUT2D eigenvalue weighted by atomic mass is 16.3. The van der Waals surface area contributed by atoms with Crippen LogP contribution in [0.4, 0.5) is 0 Å².